The van der Waals surface area contributed by atoms with Gasteiger partial charge in [0, 0.05) is 6.42 Å². The lowest BCUT2D eigenvalue weighted by Crippen LogP contribution is -2.43. The van der Waals surface area contributed by atoms with Crippen LogP contribution < -0.4 is 0 Å². The van der Waals surface area contributed by atoms with Gasteiger partial charge in [0.05, 0.1) is 20.6 Å². The highest BCUT2D eigenvalue weighted by molar-refractivity contribution is 5.69. The second kappa shape index (κ2) is 15.7. The number of hydrogen-bond acceptors (Lipinski definition) is 2. The van der Waals surface area contributed by atoms with Crippen LogP contribution in [-0.2, 0) is 9.53 Å². The minimum atomic E-state index is -0.0207. The summed E-state index contributed by atoms with van der Waals surface area (Å²) in [6, 6.07) is 0. The second-order valence-electron chi connectivity index (χ2n) is 7.61. The van der Waals surface area contributed by atoms with Crippen molar-refractivity contribution in [2.75, 3.05) is 33.8 Å². The fourth-order valence-corrected chi connectivity index (χ4v) is 2.82. The summed E-state index contributed by atoms with van der Waals surface area (Å²) in [5.41, 5.74) is 0. The van der Waals surface area contributed by atoms with Crippen LogP contribution in [0.2, 0.25) is 0 Å². The van der Waals surface area contributed by atoms with Crippen molar-refractivity contribution in [3.8, 4) is 0 Å². The number of hydrogen-bond donors (Lipinski definition) is 0. The van der Waals surface area contributed by atoms with Crippen LogP contribution in [0.1, 0.15) is 84.0 Å². The van der Waals surface area contributed by atoms with Crippen LogP contribution in [0.25, 0.3) is 0 Å². The van der Waals surface area contributed by atoms with Gasteiger partial charge < -0.3 is 9.22 Å². The number of carbonyl (C=O) groups is 1. The van der Waals surface area contributed by atoms with E-state index >= 15 is 0 Å². The van der Waals surface area contributed by atoms with Gasteiger partial charge >= 0.3 is 5.97 Å². The number of nitrogens with zero attached hydrogens (tertiary/aromatic N) is 1. The smallest absolute Gasteiger partial charge is 0.305 e. The number of unbranched alkanes of at least 4 members (excludes halogenated alkanes) is 9. The molecule has 0 N–H and O–H groups in total. The summed E-state index contributed by atoms with van der Waals surface area (Å²) in [5, 5.41) is 0. The van der Waals surface area contributed by atoms with Gasteiger partial charge in [-0.25, -0.2) is 0 Å². The zero-order valence-electron chi connectivity index (χ0n) is 16.7. The molecule has 0 amide bonds. The van der Waals surface area contributed by atoms with E-state index in [0.29, 0.717) is 13.0 Å². The number of rotatable bonds is 17. The summed E-state index contributed by atoms with van der Waals surface area (Å²) >= 11 is 0. The van der Waals surface area contributed by atoms with Gasteiger partial charge in [-0.3, -0.25) is 4.79 Å². The molecule has 0 aromatic heterocycles. The van der Waals surface area contributed by atoms with Crippen molar-refractivity contribution in [3.63, 3.8) is 0 Å². The van der Waals surface area contributed by atoms with Crippen molar-refractivity contribution in [3.05, 3.63) is 12.7 Å². The summed E-state index contributed by atoms with van der Waals surface area (Å²) in [5.74, 6) is -0.0207. The molecule has 0 spiro atoms. The highest BCUT2D eigenvalue weighted by Crippen LogP contribution is 2.09. The lowest BCUT2D eigenvalue weighted by atomic mass is 10.1. The van der Waals surface area contributed by atoms with Crippen molar-refractivity contribution in [2.45, 2.75) is 84.0 Å². The van der Waals surface area contributed by atoms with Gasteiger partial charge in [-0.2, -0.15) is 0 Å². The highest BCUT2D eigenvalue weighted by atomic mass is 16.5. The molecule has 0 fully saturated rings. The molecule has 0 unspecified atom stereocenters. The van der Waals surface area contributed by atoms with Crippen LogP contribution in [0.5, 0.6) is 0 Å². The molecule has 0 saturated heterocycles. The Kier molecular flexibility index (Phi) is 15.1. The molecule has 0 heterocycles. The molecule has 0 aliphatic heterocycles. The summed E-state index contributed by atoms with van der Waals surface area (Å²) in [4.78, 5) is 11.8. The molecular weight excluding hydrogens is 298 g/mol. The fourth-order valence-electron chi connectivity index (χ4n) is 2.82. The average Bonchev–Trinajstić information content (AvgIpc) is 2.54. The third kappa shape index (κ3) is 16.0. The van der Waals surface area contributed by atoms with Crippen LogP contribution in [0.4, 0.5) is 0 Å². The number of likely N-dealkylation sites (N-methyl/N-ethyl adjacent to an activating group) is 1. The van der Waals surface area contributed by atoms with E-state index in [1.54, 1.807) is 0 Å². The van der Waals surface area contributed by atoms with E-state index in [-0.39, 0.29) is 5.97 Å². The quantitative estimate of drug-likeness (QED) is 0.151. The van der Waals surface area contributed by atoms with E-state index in [1.807, 2.05) is 6.08 Å². The minimum Gasteiger partial charge on any atom is -0.460 e. The molecule has 142 valence electrons. The van der Waals surface area contributed by atoms with Gasteiger partial charge in [-0.1, -0.05) is 51.5 Å². The maximum absolute atomic E-state index is 11.8. The SMILES string of the molecule is C=CCCCCCCCCC(=O)OCC[N+](C)(C)CCCCCC. The average molecular weight is 341 g/mol. The Balaban J connectivity index is 3.49. The molecular formula is C21H42NO2+. The van der Waals surface area contributed by atoms with Gasteiger partial charge in [0.1, 0.15) is 13.2 Å². The van der Waals surface area contributed by atoms with Crippen molar-refractivity contribution < 1.29 is 14.0 Å². The number of ether oxygens (including phenoxy) is 1. The van der Waals surface area contributed by atoms with E-state index < -0.39 is 0 Å². The van der Waals surface area contributed by atoms with Gasteiger partial charge in [0.2, 0.25) is 0 Å². The van der Waals surface area contributed by atoms with Crippen LogP contribution in [-0.4, -0.2) is 44.2 Å². The first-order chi connectivity index (χ1) is 11.5. The van der Waals surface area contributed by atoms with E-state index in [1.165, 1.54) is 57.9 Å². The Labute approximate surface area is 151 Å². The van der Waals surface area contributed by atoms with E-state index in [0.717, 1.165) is 30.3 Å². The molecule has 24 heavy (non-hydrogen) atoms. The normalized spacial score (nSPS) is 11.5. The Morgan fingerprint density at radius 2 is 1.54 bits per heavy atom. The maximum Gasteiger partial charge on any atom is 0.305 e. The summed E-state index contributed by atoms with van der Waals surface area (Å²) < 4.78 is 6.35. The zero-order valence-corrected chi connectivity index (χ0v) is 16.7. The molecule has 0 rings (SSSR count). The Morgan fingerprint density at radius 3 is 2.21 bits per heavy atom. The first-order valence-electron chi connectivity index (χ1n) is 10.1. The number of allylic oxidation sites excluding steroid dienone is 1. The largest absolute Gasteiger partial charge is 0.460 e. The van der Waals surface area contributed by atoms with Crippen LogP contribution in [0.3, 0.4) is 0 Å². The molecule has 0 aliphatic carbocycles. The van der Waals surface area contributed by atoms with Gasteiger partial charge in [0.25, 0.3) is 0 Å². The van der Waals surface area contributed by atoms with Crippen molar-refractivity contribution in [1.29, 1.82) is 0 Å². The summed E-state index contributed by atoms with van der Waals surface area (Å²) in [6.07, 6.45) is 16.0. The Hall–Kier alpha value is -0.830. The number of quaternary nitrogens is 1. The predicted octanol–water partition coefficient (Wildman–Crippen LogP) is 5.49. The fraction of sp³-hybridized carbons (Fsp3) is 0.857. The molecule has 0 aromatic rings. The second-order valence-corrected chi connectivity index (χ2v) is 7.61. The van der Waals surface area contributed by atoms with Crippen molar-refractivity contribution in [2.24, 2.45) is 0 Å². The summed E-state index contributed by atoms with van der Waals surface area (Å²) in [6.45, 7) is 8.62. The van der Waals surface area contributed by atoms with Gasteiger partial charge in [-0.05, 0) is 32.1 Å². The van der Waals surface area contributed by atoms with Crippen LogP contribution in [0.15, 0.2) is 12.7 Å². The van der Waals surface area contributed by atoms with Gasteiger partial charge in [0.15, 0.2) is 0 Å². The molecule has 3 nitrogen and oxygen atoms in total. The number of esters is 1. The standard InChI is InChI=1S/C21H42NO2/c1-5-7-9-11-12-13-14-15-17-21(23)24-20-19-22(3,4)18-16-10-8-6-2/h5H,1,6-20H2,2-4H3/q+1. The van der Waals surface area contributed by atoms with E-state index in [4.69, 9.17) is 4.74 Å². The Bertz CT molecular complexity index is 313. The van der Waals surface area contributed by atoms with Crippen LogP contribution >= 0.6 is 0 Å². The monoisotopic (exact) mass is 340 g/mol. The van der Waals surface area contributed by atoms with Crippen molar-refractivity contribution >= 4 is 5.97 Å². The van der Waals surface area contributed by atoms with Gasteiger partial charge in [-0.15, -0.1) is 6.58 Å². The predicted molar refractivity (Wildman–Crippen MR) is 104 cm³/mol. The third-order valence-electron chi connectivity index (χ3n) is 4.62. The molecule has 0 bridgehead atoms. The molecule has 0 radical (unpaired) electrons. The zero-order chi connectivity index (χ0) is 18.1. The van der Waals surface area contributed by atoms with Crippen LogP contribution in [0, 0.1) is 0 Å². The molecule has 3 heteroatoms. The number of carbonyl (C=O) groups excluding carboxylic acids is 1. The molecule has 0 saturated carbocycles. The first-order valence-corrected chi connectivity index (χ1v) is 10.1. The Morgan fingerprint density at radius 1 is 0.917 bits per heavy atom. The minimum absolute atomic E-state index is 0.0207. The summed E-state index contributed by atoms with van der Waals surface area (Å²) in [7, 11) is 4.46. The van der Waals surface area contributed by atoms with E-state index in [2.05, 4.69) is 27.6 Å². The lowest BCUT2D eigenvalue weighted by molar-refractivity contribution is -0.890. The molecule has 0 aliphatic rings. The maximum atomic E-state index is 11.8. The lowest BCUT2D eigenvalue weighted by Gasteiger charge is -2.29. The topological polar surface area (TPSA) is 26.3 Å². The van der Waals surface area contributed by atoms with Crippen molar-refractivity contribution in [1.82, 2.24) is 0 Å². The van der Waals surface area contributed by atoms with E-state index in [9.17, 15) is 4.79 Å². The first kappa shape index (κ1) is 23.2. The molecule has 0 aromatic carbocycles. The molecule has 0 atom stereocenters. The third-order valence-corrected chi connectivity index (χ3v) is 4.62. The highest BCUT2D eigenvalue weighted by Gasteiger charge is 2.15.